The van der Waals surface area contributed by atoms with Crippen LogP contribution in [-0.4, -0.2) is 47.8 Å². The van der Waals surface area contributed by atoms with Gasteiger partial charge in [-0.15, -0.1) is 0 Å². The van der Waals surface area contributed by atoms with Gasteiger partial charge in [-0.05, 0) is 41.9 Å². The van der Waals surface area contributed by atoms with E-state index in [1.165, 1.54) is 0 Å². The van der Waals surface area contributed by atoms with Crippen LogP contribution in [0.2, 0.25) is 0 Å². The monoisotopic (exact) mass is 327 g/mol. The lowest BCUT2D eigenvalue weighted by molar-refractivity contribution is -0.0187. The van der Waals surface area contributed by atoms with Crippen molar-refractivity contribution in [3.05, 3.63) is 28.5 Å². The van der Waals surface area contributed by atoms with Crippen LogP contribution in [0.4, 0.5) is 0 Å². The highest BCUT2D eigenvalue weighted by atomic mass is 79.9. The summed E-state index contributed by atoms with van der Waals surface area (Å²) >= 11 is 3.40. The number of nitrogens with zero attached hydrogens (tertiary/aromatic N) is 2. The molecule has 0 spiro atoms. The van der Waals surface area contributed by atoms with Crippen LogP contribution in [0.1, 0.15) is 19.5 Å². The van der Waals surface area contributed by atoms with Gasteiger partial charge in [0.1, 0.15) is 0 Å². The highest BCUT2D eigenvalue weighted by Gasteiger charge is 2.34. The number of pyridine rings is 1. The van der Waals surface area contributed by atoms with Gasteiger partial charge in [0.05, 0.1) is 13.2 Å². The summed E-state index contributed by atoms with van der Waals surface area (Å²) in [4.78, 5) is 6.82. The van der Waals surface area contributed by atoms with Gasteiger partial charge in [-0.25, -0.2) is 0 Å². The van der Waals surface area contributed by atoms with Crippen molar-refractivity contribution < 1.29 is 4.74 Å². The van der Waals surface area contributed by atoms with Crippen molar-refractivity contribution in [3.8, 4) is 0 Å². The highest BCUT2D eigenvalue weighted by molar-refractivity contribution is 9.10. The van der Waals surface area contributed by atoms with E-state index < -0.39 is 0 Å². The molecule has 0 bridgehead atoms. The van der Waals surface area contributed by atoms with Gasteiger partial charge in [-0.3, -0.25) is 9.88 Å². The first-order chi connectivity index (χ1) is 9.00. The molecule has 2 N–H and O–H groups in total. The molecule has 2 rings (SSSR count). The molecule has 106 valence electrons. The number of hydrogen-bond donors (Lipinski definition) is 1. The summed E-state index contributed by atoms with van der Waals surface area (Å²) in [5, 5.41) is 0. The lowest BCUT2D eigenvalue weighted by Gasteiger charge is -2.44. The van der Waals surface area contributed by atoms with E-state index in [-0.39, 0.29) is 11.6 Å². The predicted molar refractivity (Wildman–Crippen MR) is 80.1 cm³/mol. The molecule has 1 aliphatic rings. The van der Waals surface area contributed by atoms with Crippen molar-refractivity contribution >= 4 is 15.9 Å². The Bertz CT molecular complexity index is 402. The number of ether oxygens (including phenoxy) is 1. The van der Waals surface area contributed by atoms with Crippen molar-refractivity contribution in [2.24, 2.45) is 5.73 Å². The SMILES string of the molecule is CC(C)(C(N)Cc1ccc(Br)cn1)N1CCOCC1. The number of halogens is 1. The second kappa shape index (κ2) is 6.31. The molecule has 0 radical (unpaired) electrons. The van der Waals surface area contributed by atoms with Crippen LogP contribution in [0.25, 0.3) is 0 Å². The Hall–Kier alpha value is -0.490. The normalized spacial score (nSPS) is 19.4. The molecule has 0 aliphatic carbocycles. The van der Waals surface area contributed by atoms with Crippen LogP contribution >= 0.6 is 15.9 Å². The van der Waals surface area contributed by atoms with Crippen molar-refractivity contribution in [1.29, 1.82) is 0 Å². The molecule has 1 aromatic heterocycles. The summed E-state index contributed by atoms with van der Waals surface area (Å²) in [6, 6.07) is 4.09. The molecule has 1 fully saturated rings. The quantitative estimate of drug-likeness (QED) is 0.916. The number of aromatic nitrogens is 1. The smallest absolute Gasteiger partial charge is 0.0594 e. The number of rotatable bonds is 4. The molecule has 1 aromatic rings. The molecular weight excluding hydrogens is 306 g/mol. The lowest BCUT2D eigenvalue weighted by Crippen LogP contribution is -2.59. The first kappa shape index (κ1) is 14.9. The maximum Gasteiger partial charge on any atom is 0.0594 e. The van der Waals surface area contributed by atoms with Gasteiger partial charge >= 0.3 is 0 Å². The Morgan fingerprint density at radius 3 is 2.68 bits per heavy atom. The summed E-state index contributed by atoms with van der Waals surface area (Å²) in [5.74, 6) is 0. The minimum absolute atomic E-state index is 0.0431. The van der Waals surface area contributed by atoms with Crippen LogP contribution in [-0.2, 0) is 11.2 Å². The minimum atomic E-state index is -0.0431. The Kier molecular flexibility index (Phi) is 4.95. The largest absolute Gasteiger partial charge is 0.379 e. The van der Waals surface area contributed by atoms with Gasteiger partial charge in [0.15, 0.2) is 0 Å². The molecule has 1 atom stereocenters. The van der Waals surface area contributed by atoms with Gasteiger partial charge in [0.2, 0.25) is 0 Å². The van der Waals surface area contributed by atoms with Gasteiger partial charge < -0.3 is 10.5 Å². The molecule has 0 aromatic carbocycles. The average molecular weight is 328 g/mol. The van der Waals surface area contributed by atoms with Gasteiger partial charge in [0.25, 0.3) is 0 Å². The summed E-state index contributed by atoms with van der Waals surface area (Å²) < 4.78 is 6.40. The maximum atomic E-state index is 6.42. The molecule has 0 amide bonds. The Morgan fingerprint density at radius 1 is 1.42 bits per heavy atom. The first-order valence-electron chi connectivity index (χ1n) is 6.69. The van der Waals surface area contributed by atoms with Crippen molar-refractivity contribution in [1.82, 2.24) is 9.88 Å². The first-order valence-corrected chi connectivity index (χ1v) is 7.48. The second-order valence-corrected chi connectivity index (χ2v) is 6.45. The molecule has 4 nitrogen and oxygen atoms in total. The molecule has 19 heavy (non-hydrogen) atoms. The van der Waals surface area contributed by atoms with Crippen molar-refractivity contribution in [3.63, 3.8) is 0 Å². The van der Waals surface area contributed by atoms with E-state index in [4.69, 9.17) is 10.5 Å². The van der Waals surface area contributed by atoms with E-state index in [0.717, 1.165) is 42.9 Å². The summed E-state index contributed by atoms with van der Waals surface area (Å²) in [7, 11) is 0. The number of nitrogens with two attached hydrogens (primary N) is 1. The van der Waals surface area contributed by atoms with E-state index >= 15 is 0 Å². The molecule has 1 unspecified atom stereocenters. The molecule has 0 saturated carbocycles. The highest BCUT2D eigenvalue weighted by Crippen LogP contribution is 2.21. The summed E-state index contributed by atoms with van der Waals surface area (Å²) in [6.45, 7) is 7.92. The summed E-state index contributed by atoms with van der Waals surface area (Å²) in [6.07, 6.45) is 2.61. The third-order valence-electron chi connectivity index (χ3n) is 3.95. The third kappa shape index (κ3) is 3.75. The molecular formula is C14H22BrN3O. The van der Waals surface area contributed by atoms with E-state index in [1.54, 1.807) is 0 Å². The van der Waals surface area contributed by atoms with Crippen LogP contribution in [0.15, 0.2) is 22.8 Å². The Labute approximate surface area is 123 Å². The minimum Gasteiger partial charge on any atom is -0.379 e. The average Bonchev–Trinajstić information content (AvgIpc) is 2.42. The van der Waals surface area contributed by atoms with Crippen LogP contribution in [0, 0.1) is 0 Å². The fourth-order valence-corrected chi connectivity index (χ4v) is 2.61. The molecule has 1 aliphatic heterocycles. The van der Waals surface area contributed by atoms with Crippen molar-refractivity contribution in [2.45, 2.75) is 31.8 Å². The van der Waals surface area contributed by atoms with Crippen molar-refractivity contribution in [2.75, 3.05) is 26.3 Å². The molecule has 2 heterocycles. The standard InChI is InChI=1S/C14H22BrN3O/c1-14(2,18-5-7-19-8-6-18)13(16)9-12-4-3-11(15)10-17-12/h3-4,10,13H,5-9,16H2,1-2H3. The zero-order valence-corrected chi connectivity index (χ0v) is 13.2. The van der Waals surface area contributed by atoms with E-state index in [1.807, 2.05) is 18.3 Å². The fraction of sp³-hybridized carbons (Fsp3) is 0.643. The Morgan fingerprint density at radius 2 is 2.11 bits per heavy atom. The van der Waals surface area contributed by atoms with Gasteiger partial charge in [0, 0.05) is 47.5 Å². The predicted octanol–water partition coefficient (Wildman–Crippen LogP) is 1.82. The maximum absolute atomic E-state index is 6.42. The topological polar surface area (TPSA) is 51.4 Å². The van der Waals surface area contributed by atoms with E-state index in [0.29, 0.717) is 0 Å². The lowest BCUT2D eigenvalue weighted by atomic mass is 9.89. The van der Waals surface area contributed by atoms with E-state index in [9.17, 15) is 0 Å². The fourth-order valence-electron chi connectivity index (χ4n) is 2.38. The zero-order valence-electron chi connectivity index (χ0n) is 11.6. The third-order valence-corrected chi connectivity index (χ3v) is 4.42. The summed E-state index contributed by atoms with van der Waals surface area (Å²) in [5.41, 5.74) is 7.41. The number of morpholine rings is 1. The second-order valence-electron chi connectivity index (χ2n) is 5.53. The molecule has 5 heteroatoms. The van der Waals surface area contributed by atoms with Crippen LogP contribution < -0.4 is 5.73 Å². The van der Waals surface area contributed by atoms with E-state index in [2.05, 4.69) is 39.7 Å². The van der Waals surface area contributed by atoms with Gasteiger partial charge in [-0.1, -0.05) is 0 Å². The van der Waals surface area contributed by atoms with Crippen LogP contribution in [0.5, 0.6) is 0 Å². The van der Waals surface area contributed by atoms with Gasteiger partial charge in [-0.2, -0.15) is 0 Å². The molecule has 1 saturated heterocycles. The van der Waals surface area contributed by atoms with Crippen LogP contribution in [0.3, 0.4) is 0 Å². The Balaban J connectivity index is 2.00. The zero-order chi connectivity index (χ0) is 13.9. The number of hydrogen-bond acceptors (Lipinski definition) is 4.